The monoisotopic (exact) mass is 385 g/mol. The van der Waals surface area contributed by atoms with Crippen LogP contribution in [0.25, 0.3) is 0 Å². The summed E-state index contributed by atoms with van der Waals surface area (Å²) >= 11 is 0. The van der Waals surface area contributed by atoms with Crippen molar-refractivity contribution in [3.63, 3.8) is 0 Å². The Morgan fingerprint density at radius 1 is 1.04 bits per heavy atom. The molecule has 6 N–H and O–H groups in total. The molecule has 0 bridgehead atoms. The number of hydrogen-bond acceptors (Lipinski definition) is 6. The zero-order valence-electron chi connectivity index (χ0n) is 17.4. The summed E-state index contributed by atoms with van der Waals surface area (Å²) < 4.78 is 0. The van der Waals surface area contributed by atoms with Crippen LogP contribution in [-0.4, -0.2) is 47.3 Å². The fraction of sp³-hybridized carbons (Fsp3) is 0.850. The number of unbranched alkanes of at least 4 members (excludes halogenated alkanes) is 2. The van der Waals surface area contributed by atoms with E-state index < -0.39 is 24.0 Å². The number of aliphatic hydroxyl groups excluding tert-OH is 1. The first-order valence-electron chi connectivity index (χ1n) is 10.1. The van der Waals surface area contributed by atoms with E-state index in [-0.39, 0.29) is 42.9 Å². The minimum atomic E-state index is -1.00. The van der Waals surface area contributed by atoms with Gasteiger partial charge in [0.2, 0.25) is 5.91 Å². The van der Waals surface area contributed by atoms with Gasteiger partial charge in [0.05, 0.1) is 18.1 Å². The number of aliphatic hydroxyl groups is 1. The summed E-state index contributed by atoms with van der Waals surface area (Å²) in [7, 11) is 0. The average molecular weight is 386 g/mol. The van der Waals surface area contributed by atoms with Crippen LogP contribution in [0.3, 0.4) is 0 Å². The smallest absolute Gasteiger partial charge is 0.226 e. The number of ketones is 2. The standard InChI is InChI=1S/C20H39N3O4/c1-5-6-7-8-15(22)11-16(25)12-17(14(4)24)20(27)23-18(9-10-21)19(26)13(2)3/h13-15,17-18,24H,5-12,21-22H2,1-4H3,(H,23,27)/t14?,15?,17-,18-/m0/s1. The molecule has 0 aliphatic carbocycles. The first kappa shape index (κ1) is 25.7. The van der Waals surface area contributed by atoms with Crippen molar-refractivity contribution in [1.82, 2.24) is 5.32 Å². The average Bonchev–Trinajstić information content (AvgIpc) is 2.58. The van der Waals surface area contributed by atoms with Crippen LogP contribution in [0.2, 0.25) is 0 Å². The van der Waals surface area contributed by atoms with E-state index in [9.17, 15) is 19.5 Å². The van der Waals surface area contributed by atoms with Crippen molar-refractivity contribution >= 4 is 17.5 Å². The molecular formula is C20H39N3O4. The number of rotatable bonds is 15. The Bertz CT molecular complexity index is 466. The summed E-state index contributed by atoms with van der Waals surface area (Å²) in [5.74, 6) is -1.89. The summed E-state index contributed by atoms with van der Waals surface area (Å²) in [6.45, 7) is 7.35. The molecule has 7 heteroatoms. The van der Waals surface area contributed by atoms with Gasteiger partial charge in [-0.2, -0.15) is 0 Å². The maximum atomic E-state index is 12.6. The third-order valence-electron chi connectivity index (χ3n) is 4.72. The molecule has 158 valence electrons. The molecule has 0 saturated heterocycles. The molecule has 0 heterocycles. The lowest BCUT2D eigenvalue weighted by molar-refractivity contribution is -0.136. The van der Waals surface area contributed by atoms with E-state index in [2.05, 4.69) is 12.2 Å². The Morgan fingerprint density at radius 3 is 2.15 bits per heavy atom. The molecule has 0 radical (unpaired) electrons. The summed E-state index contributed by atoms with van der Waals surface area (Å²) in [6.07, 6.45) is 3.34. The minimum Gasteiger partial charge on any atom is -0.393 e. The largest absolute Gasteiger partial charge is 0.393 e. The van der Waals surface area contributed by atoms with Gasteiger partial charge in [-0.3, -0.25) is 14.4 Å². The molecule has 1 amide bonds. The highest BCUT2D eigenvalue weighted by atomic mass is 16.3. The van der Waals surface area contributed by atoms with Crippen molar-refractivity contribution in [1.29, 1.82) is 0 Å². The Hall–Kier alpha value is -1.31. The van der Waals surface area contributed by atoms with E-state index >= 15 is 0 Å². The Labute approximate surface area is 163 Å². The molecule has 0 spiro atoms. The van der Waals surface area contributed by atoms with E-state index in [1.165, 1.54) is 6.92 Å². The highest BCUT2D eigenvalue weighted by molar-refractivity contribution is 5.92. The predicted octanol–water partition coefficient (Wildman–Crippen LogP) is 1.30. The molecule has 0 fully saturated rings. The molecule has 0 rings (SSSR count). The lowest BCUT2D eigenvalue weighted by Crippen LogP contribution is -2.48. The van der Waals surface area contributed by atoms with Crippen molar-refractivity contribution in [2.24, 2.45) is 23.3 Å². The van der Waals surface area contributed by atoms with Crippen LogP contribution in [-0.2, 0) is 14.4 Å². The zero-order valence-corrected chi connectivity index (χ0v) is 17.4. The summed E-state index contributed by atoms with van der Waals surface area (Å²) in [5.41, 5.74) is 11.5. The van der Waals surface area contributed by atoms with Gasteiger partial charge in [0.25, 0.3) is 0 Å². The SMILES string of the molecule is CCCCCC(N)CC(=O)C[C@H](C(=O)N[C@@H](CCN)C(=O)C(C)C)C(C)O. The maximum absolute atomic E-state index is 12.6. The van der Waals surface area contributed by atoms with Gasteiger partial charge in [-0.1, -0.05) is 40.0 Å². The predicted molar refractivity (Wildman–Crippen MR) is 107 cm³/mol. The number of amides is 1. The number of hydrogen-bond donors (Lipinski definition) is 4. The van der Waals surface area contributed by atoms with E-state index in [0.717, 1.165) is 25.7 Å². The first-order valence-corrected chi connectivity index (χ1v) is 10.1. The number of carbonyl (C=O) groups is 3. The molecule has 0 saturated carbocycles. The van der Waals surface area contributed by atoms with Crippen molar-refractivity contribution < 1.29 is 19.5 Å². The molecule has 0 aromatic rings. The van der Waals surface area contributed by atoms with Crippen LogP contribution in [0.1, 0.15) is 72.6 Å². The van der Waals surface area contributed by atoms with Crippen molar-refractivity contribution in [2.75, 3.05) is 6.54 Å². The van der Waals surface area contributed by atoms with Crippen molar-refractivity contribution in [3.8, 4) is 0 Å². The van der Waals surface area contributed by atoms with Crippen LogP contribution in [0.4, 0.5) is 0 Å². The van der Waals surface area contributed by atoms with E-state index in [1.807, 2.05) is 0 Å². The van der Waals surface area contributed by atoms with Gasteiger partial charge in [-0.05, 0) is 26.3 Å². The van der Waals surface area contributed by atoms with E-state index in [1.54, 1.807) is 13.8 Å². The summed E-state index contributed by atoms with van der Waals surface area (Å²) in [6, 6.07) is -0.926. The van der Waals surface area contributed by atoms with Crippen LogP contribution >= 0.6 is 0 Å². The quantitative estimate of drug-likeness (QED) is 0.314. The number of nitrogens with two attached hydrogens (primary N) is 2. The third kappa shape index (κ3) is 10.6. The van der Waals surface area contributed by atoms with Gasteiger partial charge < -0.3 is 21.9 Å². The molecule has 0 aromatic heterocycles. The van der Waals surface area contributed by atoms with Crippen molar-refractivity contribution in [2.45, 2.75) is 90.8 Å². The number of carbonyl (C=O) groups excluding carboxylic acids is 3. The Kier molecular flexibility index (Phi) is 13.1. The van der Waals surface area contributed by atoms with Crippen LogP contribution in [0.5, 0.6) is 0 Å². The maximum Gasteiger partial charge on any atom is 0.226 e. The minimum absolute atomic E-state index is 0.0871. The van der Waals surface area contributed by atoms with Gasteiger partial charge in [0.15, 0.2) is 5.78 Å². The van der Waals surface area contributed by atoms with Gasteiger partial charge >= 0.3 is 0 Å². The number of nitrogens with one attached hydrogen (secondary N) is 1. The molecule has 7 nitrogen and oxygen atoms in total. The second-order valence-corrected chi connectivity index (χ2v) is 7.75. The van der Waals surface area contributed by atoms with Gasteiger partial charge in [-0.25, -0.2) is 0 Å². The molecule has 0 aliphatic heterocycles. The fourth-order valence-corrected chi connectivity index (χ4v) is 3.00. The Balaban J connectivity index is 4.82. The second-order valence-electron chi connectivity index (χ2n) is 7.75. The molecule has 0 aromatic carbocycles. The third-order valence-corrected chi connectivity index (χ3v) is 4.72. The summed E-state index contributed by atoms with van der Waals surface area (Å²) in [4.78, 5) is 37.1. The lowest BCUT2D eigenvalue weighted by Gasteiger charge is -2.24. The molecule has 4 atom stereocenters. The highest BCUT2D eigenvalue weighted by Gasteiger charge is 2.30. The second kappa shape index (κ2) is 13.8. The van der Waals surface area contributed by atoms with Crippen LogP contribution in [0, 0.1) is 11.8 Å². The van der Waals surface area contributed by atoms with E-state index in [4.69, 9.17) is 11.5 Å². The lowest BCUT2D eigenvalue weighted by atomic mass is 9.91. The molecule has 2 unspecified atom stereocenters. The number of Topliss-reactive ketones (excluding diaryl/α,β-unsaturated/α-hetero) is 2. The van der Waals surface area contributed by atoms with Gasteiger partial charge in [0.1, 0.15) is 5.78 Å². The van der Waals surface area contributed by atoms with Crippen LogP contribution in [0.15, 0.2) is 0 Å². The normalized spacial score (nSPS) is 15.9. The first-order chi connectivity index (χ1) is 12.6. The molecular weight excluding hydrogens is 346 g/mol. The van der Waals surface area contributed by atoms with E-state index in [0.29, 0.717) is 6.42 Å². The van der Waals surface area contributed by atoms with Gasteiger partial charge in [0, 0.05) is 24.8 Å². The van der Waals surface area contributed by atoms with Gasteiger partial charge in [-0.15, -0.1) is 0 Å². The molecule has 0 aliphatic rings. The topological polar surface area (TPSA) is 136 Å². The van der Waals surface area contributed by atoms with Crippen molar-refractivity contribution in [3.05, 3.63) is 0 Å². The fourth-order valence-electron chi connectivity index (χ4n) is 3.00. The van der Waals surface area contributed by atoms with Crippen LogP contribution < -0.4 is 16.8 Å². The highest BCUT2D eigenvalue weighted by Crippen LogP contribution is 2.15. The zero-order chi connectivity index (χ0) is 21.0. The molecule has 27 heavy (non-hydrogen) atoms. The Morgan fingerprint density at radius 2 is 1.67 bits per heavy atom. The summed E-state index contributed by atoms with van der Waals surface area (Å²) in [5, 5.41) is 12.6.